The molecule has 1 amide bonds. The molecule has 224 valence electrons. The average molecular weight is 651 g/mol. The Bertz CT molecular complexity index is 1830. The number of rotatable bonds is 8. The van der Waals surface area contributed by atoms with Crippen molar-refractivity contribution >= 4 is 41.4 Å². The molecule has 12 nitrogen and oxygen atoms in total. The van der Waals surface area contributed by atoms with Crippen LogP contribution < -0.4 is 9.50 Å². The quantitative estimate of drug-likeness (QED) is 0.282. The molecule has 0 fully saturated rings. The molecule has 1 N–H and O–H groups in total. The van der Waals surface area contributed by atoms with Crippen LogP contribution in [0.2, 0.25) is 0 Å². The van der Waals surface area contributed by atoms with Crippen molar-refractivity contribution in [3.63, 3.8) is 0 Å². The van der Waals surface area contributed by atoms with Gasteiger partial charge in [0, 0.05) is 6.20 Å². The summed E-state index contributed by atoms with van der Waals surface area (Å²) in [4.78, 5) is 14.7. The van der Waals surface area contributed by atoms with Crippen LogP contribution in [-0.4, -0.2) is 63.4 Å². The van der Waals surface area contributed by atoms with E-state index in [4.69, 9.17) is 0 Å². The van der Waals surface area contributed by atoms with Crippen LogP contribution in [0.3, 0.4) is 0 Å². The molecule has 0 unspecified atom stereocenters. The third-order valence-corrected chi connectivity index (χ3v) is 8.67. The maximum Gasteiger partial charge on any atom is 0.501 e. The Labute approximate surface area is 227 Å². The van der Waals surface area contributed by atoms with Crippen molar-refractivity contribution < 1.29 is 60.6 Å². The van der Waals surface area contributed by atoms with Crippen molar-refractivity contribution in [3.05, 3.63) is 54.0 Å². The van der Waals surface area contributed by atoms with Crippen LogP contribution >= 0.6 is 0 Å². The lowest BCUT2D eigenvalue weighted by Gasteiger charge is -2.15. The second-order valence-electron chi connectivity index (χ2n) is 7.91. The highest BCUT2D eigenvalue weighted by Crippen LogP contribution is 2.36. The molecule has 0 bridgehead atoms. The molecule has 3 rings (SSSR count). The topological polar surface area (TPSA) is 171 Å². The number of nitrogens with one attached hydrogen (secondary N) is 1. The molecule has 0 saturated carbocycles. The Morgan fingerprint density at radius 3 is 2.12 bits per heavy atom. The summed E-state index contributed by atoms with van der Waals surface area (Å²) in [5, 5.41) is 5.11. The Morgan fingerprint density at radius 2 is 1.61 bits per heavy atom. The number of carbonyl (C=O) groups excluding carboxylic acids is 1. The van der Waals surface area contributed by atoms with Crippen LogP contribution in [0.15, 0.2) is 52.4 Å². The average Bonchev–Trinajstić information content (AvgIpc) is 3.34. The summed E-state index contributed by atoms with van der Waals surface area (Å²) in [6, 6.07) is 3.33. The Balaban J connectivity index is 2.20. The Morgan fingerprint density at radius 1 is 0.976 bits per heavy atom. The van der Waals surface area contributed by atoms with Crippen LogP contribution in [0.5, 0.6) is 5.75 Å². The predicted molar refractivity (Wildman–Crippen MR) is 127 cm³/mol. The van der Waals surface area contributed by atoms with E-state index in [0.29, 0.717) is 29.1 Å². The fraction of sp³-hybridized carbons (Fsp3) is 0.250. The van der Waals surface area contributed by atoms with Gasteiger partial charge in [0.15, 0.2) is 27.1 Å². The van der Waals surface area contributed by atoms with Gasteiger partial charge in [-0.2, -0.15) is 39.9 Å². The zero-order valence-corrected chi connectivity index (χ0v) is 22.8. The zero-order valence-electron chi connectivity index (χ0n) is 20.3. The number of alkyl halides is 6. The first-order valence-corrected chi connectivity index (χ1v) is 15.6. The summed E-state index contributed by atoms with van der Waals surface area (Å²) in [5.74, 6) is -3.50. The van der Waals surface area contributed by atoms with Crippen LogP contribution in [0.1, 0.15) is 23.1 Å². The van der Waals surface area contributed by atoms with Crippen molar-refractivity contribution in [3.8, 4) is 11.6 Å². The lowest BCUT2D eigenvalue weighted by Crippen LogP contribution is -2.24. The van der Waals surface area contributed by atoms with E-state index in [0.717, 1.165) is 18.3 Å². The zero-order chi connectivity index (χ0) is 31.2. The largest absolute Gasteiger partial charge is 0.501 e. The van der Waals surface area contributed by atoms with Gasteiger partial charge in [0.2, 0.25) is 0 Å². The van der Waals surface area contributed by atoms with Gasteiger partial charge in [0.1, 0.15) is 5.69 Å². The second kappa shape index (κ2) is 10.6. The van der Waals surface area contributed by atoms with E-state index in [1.165, 1.54) is 6.92 Å². The number of nitrogens with zero attached hydrogens (tertiary/aromatic N) is 3. The van der Waals surface area contributed by atoms with Crippen molar-refractivity contribution in [1.29, 1.82) is 0 Å². The number of benzene rings is 1. The SMILES string of the molecule is CCS(=O)(=O)c1ccc(-n2ccc(C(F)(F)F)n2)nc1C(=O)Nc1cc(S(=O)(=O)C(F)(F)F)ccc1OS(C)(=O)=O. The molecule has 0 saturated heterocycles. The van der Waals surface area contributed by atoms with E-state index in [1.807, 2.05) is 5.32 Å². The van der Waals surface area contributed by atoms with E-state index < -0.39 is 91.6 Å². The lowest BCUT2D eigenvalue weighted by molar-refractivity contribution is -0.141. The van der Waals surface area contributed by atoms with E-state index in [9.17, 15) is 56.4 Å². The summed E-state index contributed by atoms with van der Waals surface area (Å²) in [6.45, 7) is 1.18. The van der Waals surface area contributed by atoms with Gasteiger partial charge in [0.05, 0.1) is 27.5 Å². The maximum absolute atomic E-state index is 13.2. The van der Waals surface area contributed by atoms with Gasteiger partial charge in [-0.05, 0) is 36.4 Å². The molecule has 0 spiro atoms. The minimum atomic E-state index is -6.02. The van der Waals surface area contributed by atoms with Gasteiger partial charge in [-0.25, -0.2) is 26.5 Å². The van der Waals surface area contributed by atoms with Crippen molar-refractivity contribution in [2.24, 2.45) is 0 Å². The Hall–Kier alpha value is -3.72. The van der Waals surface area contributed by atoms with E-state index in [1.54, 1.807) is 0 Å². The summed E-state index contributed by atoms with van der Waals surface area (Å²) in [5.41, 5.74) is -9.12. The highest BCUT2D eigenvalue weighted by atomic mass is 32.2. The number of halogens is 6. The monoisotopic (exact) mass is 650 g/mol. The molecule has 41 heavy (non-hydrogen) atoms. The van der Waals surface area contributed by atoms with Crippen LogP contribution in [-0.2, 0) is 36.0 Å². The second-order valence-corrected chi connectivity index (χ2v) is 13.7. The van der Waals surface area contributed by atoms with E-state index in [-0.39, 0.29) is 6.07 Å². The van der Waals surface area contributed by atoms with Gasteiger partial charge < -0.3 is 9.50 Å². The number of pyridine rings is 1. The van der Waals surface area contributed by atoms with Crippen LogP contribution in [0, 0.1) is 0 Å². The first-order valence-electron chi connectivity index (χ1n) is 10.6. The number of hydrogen-bond donors (Lipinski definition) is 1. The first-order chi connectivity index (χ1) is 18.6. The minimum Gasteiger partial charge on any atom is -0.380 e. The minimum absolute atomic E-state index is 0.211. The van der Waals surface area contributed by atoms with Crippen molar-refractivity contribution in [2.75, 3.05) is 17.3 Å². The molecular weight excluding hydrogens is 634 g/mol. The smallest absolute Gasteiger partial charge is 0.380 e. The van der Waals surface area contributed by atoms with E-state index in [2.05, 4.69) is 14.3 Å². The van der Waals surface area contributed by atoms with Crippen molar-refractivity contribution in [1.82, 2.24) is 14.8 Å². The lowest BCUT2D eigenvalue weighted by atomic mass is 10.2. The van der Waals surface area contributed by atoms with Gasteiger partial charge in [-0.15, -0.1) is 0 Å². The number of amides is 1. The molecule has 3 aromatic rings. The highest BCUT2D eigenvalue weighted by Gasteiger charge is 2.47. The molecule has 0 atom stereocenters. The molecule has 2 aromatic heterocycles. The summed E-state index contributed by atoms with van der Waals surface area (Å²) in [6.07, 6.45) is -3.55. The summed E-state index contributed by atoms with van der Waals surface area (Å²) >= 11 is 0. The summed E-state index contributed by atoms with van der Waals surface area (Å²) < 4.78 is 156. The van der Waals surface area contributed by atoms with Gasteiger partial charge in [-0.3, -0.25) is 4.79 Å². The van der Waals surface area contributed by atoms with Gasteiger partial charge in [0.25, 0.3) is 15.7 Å². The third kappa shape index (κ3) is 6.96. The van der Waals surface area contributed by atoms with Crippen molar-refractivity contribution in [2.45, 2.75) is 28.4 Å². The predicted octanol–water partition coefficient (Wildman–Crippen LogP) is 2.96. The number of sulfone groups is 2. The molecule has 0 aliphatic heterocycles. The number of carbonyl (C=O) groups is 1. The number of hydrogen-bond acceptors (Lipinski definition) is 10. The standard InChI is InChI=1S/C20H16F6N4O8S3/c1-3-40(34,35)14-6-7-16(30-9-8-15(29-30)19(21,22)23)28-17(14)18(31)27-12-10-11(41(36,37)20(24,25)26)4-5-13(12)38-39(2,32)33/h4-10H,3H2,1-2H3,(H,27,31). The van der Waals surface area contributed by atoms with Gasteiger partial charge >= 0.3 is 21.8 Å². The molecule has 1 aromatic carbocycles. The third-order valence-electron chi connectivity index (χ3n) is 4.94. The number of anilines is 1. The molecule has 21 heteroatoms. The molecule has 0 aliphatic carbocycles. The van der Waals surface area contributed by atoms with Crippen LogP contribution in [0.4, 0.5) is 32.0 Å². The van der Waals surface area contributed by atoms with Crippen LogP contribution in [0.25, 0.3) is 5.82 Å². The fourth-order valence-electron chi connectivity index (χ4n) is 3.06. The highest BCUT2D eigenvalue weighted by molar-refractivity contribution is 7.92. The molecular formula is C20H16F6N4O8S3. The maximum atomic E-state index is 13.2. The molecule has 2 heterocycles. The molecule has 0 aliphatic rings. The van der Waals surface area contributed by atoms with Gasteiger partial charge in [-0.1, -0.05) is 6.92 Å². The fourth-order valence-corrected chi connectivity index (χ4v) is 5.34. The molecule has 0 radical (unpaired) electrons. The number of aromatic nitrogens is 3. The van der Waals surface area contributed by atoms with E-state index >= 15 is 0 Å². The first kappa shape index (κ1) is 31.8. The summed E-state index contributed by atoms with van der Waals surface area (Å²) in [7, 11) is -14.7. The Kier molecular flexibility index (Phi) is 8.22. The normalized spacial score (nSPS) is 13.2.